The summed E-state index contributed by atoms with van der Waals surface area (Å²) in [5.74, 6) is -1.37. The summed E-state index contributed by atoms with van der Waals surface area (Å²) in [5, 5.41) is 11.5. The molecule has 2 N–H and O–H groups in total. The molecule has 1 aromatic rings. The van der Waals surface area contributed by atoms with Crippen LogP contribution in [0, 0.1) is 0 Å². The lowest BCUT2D eigenvalue weighted by atomic mass is 10.1. The second kappa shape index (κ2) is 4.78. The molecule has 1 heterocycles. The number of carboxylic acids is 1. The molecule has 5 nitrogen and oxygen atoms in total. The number of aliphatic imine (C=N–C) groups is 1. The van der Waals surface area contributed by atoms with Gasteiger partial charge in [0.2, 0.25) is 0 Å². The normalized spacial score (nSPS) is 14.2. The molecule has 1 amide bonds. The molecule has 1 aliphatic rings. The minimum Gasteiger partial charge on any atom is -0.478 e. The van der Waals surface area contributed by atoms with E-state index < -0.39 is 5.97 Å². The Morgan fingerprint density at radius 1 is 1.29 bits per heavy atom. The van der Waals surface area contributed by atoms with Crippen LogP contribution in [0.3, 0.4) is 0 Å². The van der Waals surface area contributed by atoms with E-state index >= 15 is 0 Å². The van der Waals surface area contributed by atoms with Crippen LogP contribution in [-0.4, -0.2) is 29.2 Å². The highest BCUT2D eigenvalue weighted by Crippen LogP contribution is 2.16. The van der Waals surface area contributed by atoms with Gasteiger partial charge in [-0.1, -0.05) is 12.1 Å². The van der Waals surface area contributed by atoms with Gasteiger partial charge >= 0.3 is 5.97 Å². The largest absolute Gasteiger partial charge is 0.478 e. The molecule has 1 aliphatic heterocycles. The van der Waals surface area contributed by atoms with E-state index in [1.165, 1.54) is 6.07 Å². The predicted octanol–water partition coefficient (Wildman–Crippen LogP) is 1.56. The average Bonchev–Trinajstić information content (AvgIpc) is 2.83. The summed E-state index contributed by atoms with van der Waals surface area (Å²) in [5.41, 5.74) is 0.879. The first kappa shape index (κ1) is 11.3. The first-order valence-corrected chi connectivity index (χ1v) is 5.35. The van der Waals surface area contributed by atoms with Crippen molar-refractivity contribution in [1.29, 1.82) is 0 Å². The SMILES string of the molecule is O=C(Nc1ccccc1C(=O)O)C1=NCCC1. The van der Waals surface area contributed by atoms with E-state index in [1.54, 1.807) is 18.2 Å². The number of hydrogen-bond acceptors (Lipinski definition) is 3. The van der Waals surface area contributed by atoms with Gasteiger partial charge in [0.25, 0.3) is 5.91 Å². The molecule has 0 spiro atoms. The molecule has 2 rings (SSSR count). The fourth-order valence-electron chi connectivity index (χ4n) is 1.70. The van der Waals surface area contributed by atoms with Crippen LogP contribution in [0.15, 0.2) is 29.3 Å². The third-order valence-corrected chi connectivity index (χ3v) is 2.54. The van der Waals surface area contributed by atoms with Gasteiger partial charge in [-0.3, -0.25) is 9.79 Å². The molecule has 0 fully saturated rings. The summed E-state index contributed by atoms with van der Waals surface area (Å²) in [7, 11) is 0. The van der Waals surface area contributed by atoms with Crippen LogP contribution in [-0.2, 0) is 4.79 Å². The molecule has 1 aromatic carbocycles. The van der Waals surface area contributed by atoms with Gasteiger partial charge in [-0.05, 0) is 25.0 Å². The maximum atomic E-state index is 11.8. The molecule has 0 bridgehead atoms. The fourth-order valence-corrected chi connectivity index (χ4v) is 1.70. The zero-order valence-corrected chi connectivity index (χ0v) is 9.14. The number of amides is 1. The Bertz CT molecular complexity index is 494. The Kier molecular flexibility index (Phi) is 3.18. The van der Waals surface area contributed by atoms with Gasteiger partial charge in [-0.15, -0.1) is 0 Å². The molecule has 0 radical (unpaired) electrons. The van der Waals surface area contributed by atoms with Crippen molar-refractivity contribution in [3.05, 3.63) is 29.8 Å². The van der Waals surface area contributed by atoms with Crippen molar-refractivity contribution < 1.29 is 14.7 Å². The first-order valence-electron chi connectivity index (χ1n) is 5.35. The second-order valence-electron chi connectivity index (χ2n) is 3.74. The van der Waals surface area contributed by atoms with Crippen LogP contribution in [0.4, 0.5) is 5.69 Å². The monoisotopic (exact) mass is 232 g/mol. The molecular formula is C12H12N2O3. The van der Waals surface area contributed by atoms with Crippen molar-refractivity contribution in [2.24, 2.45) is 4.99 Å². The summed E-state index contributed by atoms with van der Waals surface area (Å²) >= 11 is 0. The number of anilines is 1. The molecule has 0 aliphatic carbocycles. The Hall–Kier alpha value is -2.17. The minimum atomic E-state index is -1.06. The summed E-state index contributed by atoms with van der Waals surface area (Å²) in [4.78, 5) is 26.8. The zero-order chi connectivity index (χ0) is 12.3. The number of aromatic carboxylic acids is 1. The standard InChI is InChI=1S/C12H12N2O3/c15-11(10-6-3-7-13-10)14-9-5-2-1-4-8(9)12(16)17/h1-2,4-5H,3,6-7H2,(H,14,15)(H,16,17). The van der Waals surface area contributed by atoms with Crippen molar-refractivity contribution >= 4 is 23.3 Å². The molecule has 0 aromatic heterocycles. The summed E-state index contributed by atoms with van der Waals surface area (Å²) in [6, 6.07) is 6.32. The average molecular weight is 232 g/mol. The quantitative estimate of drug-likeness (QED) is 0.830. The van der Waals surface area contributed by atoms with Crippen LogP contribution < -0.4 is 5.32 Å². The lowest BCUT2D eigenvalue weighted by Crippen LogP contribution is -2.22. The number of nitrogens with zero attached hydrogens (tertiary/aromatic N) is 1. The van der Waals surface area contributed by atoms with Crippen LogP contribution in [0.2, 0.25) is 0 Å². The van der Waals surface area contributed by atoms with Crippen LogP contribution in [0.25, 0.3) is 0 Å². The Morgan fingerprint density at radius 3 is 2.71 bits per heavy atom. The summed E-state index contributed by atoms with van der Waals surface area (Å²) < 4.78 is 0. The number of carboxylic acid groups (broad SMARTS) is 1. The van der Waals surface area contributed by atoms with Crippen molar-refractivity contribution in [3.63, 3.8) is 0 Å². The number of rotatable bonds is 3. The molecule has 0 unspecified atom stereocenters. The van der Waals surface area contributed by atoms with Gasteiger partial charge in [0.1, 0.15) is 0 Å². The van der Waals surface area contributed by atoms with Gasteiger partial charge in [0.05, 0.1) is 17.0 Å². The second-order valence-corrected chi connectivity index (χ2v) is 3.74. The van der Waals surface area contributed by atoms with E-state index in [0.29, 0.717) is 24.4 Å². The third kappa shape index (κ3) is 2.50. The van der Waals surface area contributed by atoms with Crippen molar-refractivity contribution in [3.8, 4) is 0 Å². The van der Waals surface area contributed by atoms with E-state index in [1.807, 2.05) is 0 Å². The van der Waals surface area contributed by atoms with E-state index in [0.717, 1.165) is 6.42 Å². The number of carbonyl (C=O) groups is 2. The van der Waals surface area contributed by atoms with Crippen LogP contribution in [0.5, 0.6) is 0 Å². The number of nitrogens with one attached hydrogen (secondary N) is 1. The van der Waals surface area contributed by atoms with Crippen LogP contribution in [0.1, 0.15) is 23.2 Å². The summed E-state index contributed by atoms with van der Waals surface area (Å²) in [6.45, 7) is 0.670. The highest BCUT2D eigenvalue weighted by atomic mass is 16.4. The van der Waals surface area contributed by atoms with E-state index in [4.69, 9.17) is 5.11 Å². The van der Waals surface area contributed by atoms with Gasteiger partial charge in [0.15, 0.2) is 0 Å². The molecule has 0 atom stereocenters. The van der Waals surface area contributed by atoms with Gasteiger partial charge < -0.3 is 10.4 Å². The van der Waals surface area contributed by atoms with Gasteiger partial charge in [0, 0.05) is 6.54 Å². The first-order chi connectivity index (χ1) is 8.18. The molecule has 5 heteroatoms. The summed E-state index contributed by atoms with van der Waals surface area (Å²) in [6.07, 6.45) is 1.53. The van der Waals surface area contributed by atoms with E-state index in [-0.39, 0.29) is 11.5 Å². The maximum Gasteiger partial charge on any atom is 0.337 e. The third-order valence-electron chi connectivity index (χ3n) is 2.54. The fraction of sp³-hybridized carbons (Fsp3) is 0.250. The van der Waals surface area contributed by atoms with Crippen molar-refractivity contribution in [1.82, 2.24) is 0 Å². The van der Waals surface area contributed by atoms with Crippen molar-refractivity contribution in [2.45, 2.75) is 12.8 Å². The number of para-hydroxylation sites is 1. The Labute approximate surface area is 98.2 Å². The van der Waals surface area contributed by atoms with E-state index in [9.17, 15) is 9.59 Å². The maximum absolute atomic E-state index is 11.8. The van der Waals surface area contributed by atoms with E-state index in [2.05, 4.69) is 10.3 Å². The molecule has 0 saturated carbocycles. The highest BCUT2D eigenvalue weighted by Gasteiger charge is 2.17. The van der Waals surface area contributed by atoms with Gasteiger partial charge in [-0.25, -0.2) is 4.79 Å². The minimum absolute atomic E-state index is 0.0828. The molecule has 17 heavy (non-hydrogen) atoms. The molecular weight excluding hydrogens is 220 g/mol. The predicted molar refractivity (Wildman–Crippen MR) is 63.6 cm³/mol. The smallest absolute Gasteiger partial charge is 0.337 e. The lowest BCUT2D eigenvalue weighted by molar-refractivity contribution is -0.110. The molecule has 0 saturated heterocycles. The number of hydrogen-bond donors (Lipinski definition) is 2. The van der Waals surface area contributed by atoms with Crippen LogP contribution >= 0.6 is 0 Å². The number of carbonyl (C=O) groups excluding carboxylic acids is 1. The molecule has 88 valence electrons. The Balaban J connectivity index is 2.18. The topological polar surface area (TPSA) is 78.8 Å². The lowest BCUT2D eigenvalue weighted by Gasteiger charge is -2.07. The van der Waals surface area contributed by atoms with Crippen molar-refractivity contribution in [2.75, 3.05) is 11.9 Å². The number of benzene rings is 1. The zero-order valence-electron chi connectivity index (χ0n) is 9.14. The Morgan fingerprint density at radius 2 is 2.06 bits per heavy atom. The van der Waals surface area contributed by atoms with Gasteiger partial charge in [-0.2, -0.15) is 0 Å². The highest BCUT2D eigenvalue weighted by molar-refractivity contribution is 6.43.